The fourth-order valence-corrected chi connectivity index (χ4v) is 3.51. The maximum Gasteiger partial charge on any atom is 0.285 e. The molecule has 1 fully saturated rings. The van der Waals surface area contributed by atoms with Crippen LogP contribution in [0.25, 0.3) is 16.8 Å². The lowest BCUT2D eigenvalue weighted by Crippen LogP contribution is -2.37. The number of carbonyl (C=O) groups is 3. The normalized spacial score (nSPS) is 18.1. The molecule has 156 valence electrons. The molecule has 0 aliphatic carbocycles. The summed E-state index contributed by atoms with van der Waals surface area (Å²) < 4.78 is 1.48. The van der Waals surface area contributed by atoms with Crippen molar-refractivity contribution in [2.24, 2.45) is 11.5 Å². The first-order chi connectivity index (χ1) is 14.7. The molecular weight excluding hydrogens is 398 g/mol. The van der Waals surface area contributed by atoms with Crippen molar-refractivity contribution in [3.63, 3.8) is 0 Å². The highest BCUT2D eigenvalue weighted by atomic mass is 16.3. The third-order valence-electron chi connectivity index (χ3n) is 5.21. The molecule has 1 aliphatic heterocycles. The van der Waals surface area contributed by atoms with E-state index in [1.165, 1.54) is 27.6 Å². The van der Waals surface area contributed by atoms with Gasteiger partial charge in [-0.3, -0.25) is 18.8 Å². The minimum atomic E-state index is -1.71. The van der Waals surface area contributed by atoms with E-state index < -0.39 is 23.3 Å². The van der Waals surface area contributed by atoms with Gasteiger partial charge in [0.15, 0.2) is 0 Å². The molecule has 3 amide bonds. The molecule has 0 saturated carbocycles. The van der Waals surface area contributed by atoms with Crippen molar-refractivity contribution in [3.05, 3.63) is 59.5 Å². The average molecular weight is 417 g/mol. The second-order valence-electron chi connectivity index (χ2n) is 7.35. The monoisotopic (exact) mass is 417 g/mol. The van der Waals surface area contributed by atoms with Crippen LogP contribution < -0.4 is 11.5 Å². The van der Waals surface area contributed by atoms with Crippen LogP contribution in [0.3, 0.4) is 0 Å². The van der Waals surface area contributed by atoms with Crippen LogP contribution in [-0.4, -0.2) is 56.3 Å². The Balaban J connectivity index is 1.80. The van der Waals surface area contributed by atoms with E-state index in [0.717, 1.165) is 0 Å². The first-order valence-corrected chi connectivity index (χ1v) is 9.43. The van der Waals surface area contributed by atoms with Gasteiger partial charge >= 0.3 is 0 Å². The number of imidazole rings is 1. The van der Waals surface area contributed by atoms with Crippen LogP contribution in [0.4, 0.5) is 0 Å². The van der Waals surface area contributed by atoms with Crippen LogP contribution in [-0.2, 0) is 4.79 Å². The maximum absolute atomic E-state index is 12.1. The quantitative estimate of drug-likeness (QED) is 0.520. The average Bonchev–Trinajstić information content (AvgIpc) is 3.26. The largest absolute Gasteiger partial charge is 0.369 e. The number of aliphatic hydroxyl groups is 1. The highest BCUT2D eigenvalue weighted by Gasteiger charge is 2.42. The van der Waals surface area contributed by atoms with E-state index in [2.05, 4.69) is 16.8 Å². The molecular formula is C22H19N5O4. The molecule has 31 heavy (non-hydrogen) atoms. The number of likely N-dealkylation sites (N-methyl/N-ethyl adjacent to an activating group) is 1. The topological polar surface area (TPSA) is 144 Å². The number of benzene rings is 1. The van der Waals surface area contributed by atoms with Crippen molar-refractivity contribution in [1.82, 2.24) is 14.3 Å². The zero-order chi connectivity index (χ0) is 22.3. The molecule has 2 aromatic heterocycles. The fourth-order valence-electron chi connectivity index (χ4n) is 3.51. The fraction of sp³-hybridized carbons (Fsp3) is 0.182. The van der Waals surface area contributed by atoms with Crippen LogP contribution in [0, 0.1) is 11.8 Å². The van der Waals surface area contributed by atoms with Crippen molar-refractivity contribution in [2.45, 2.75) is 12.0 Å². The number of hydrogen-bond donors (Lipinski definition) is 3. The van der Waals surface area contributed by atoms with Gasteiger partial charge in [-0.25, -0.2) is 4.98 Å². The van der Waals surface area contributed by atoms with E-state index in [4.69, 9.17) is 11.5 Å². The van der Waals surface area contributed by atoms with Crippen LogP contribution >= 0.6 is 0 Å². The Morgan fingerprint density at radius 2 is 1.97 bits per heavy atom. The number of nitrogens with zero attached hydrogens (tertiary/aromatic N) is 3. The molecule has 0 unspecified atom stereocenters. The third-order valence-corrected chi connectivity index (χ3v) is 5.21. The van der Waals surface area contributed by atoms with Crippen LogP contribution in [0.2, 0.25) is 0 Å². The van der Waals surface area contributed by atoms with Gasteiger partial charge in [-0.05, 0) is 24.3 Å². The van der Waals surface area contributed by atoms with E-state index in [-0.39, 0.29) is 17.8 Å². The summed E-state index contributed by atoms with van der Waals surface area (Å²) in [5.74, 6) is 3.75. The van der Waals surface area contributed by atoms with Gasteiger partial charge in [-0.15, -0.1) is 0 Å². The van der Waals surface area contributed by atoms with Gasteiger partial charge in [0.25, 0.3) is 11.8 Å². The van der Waals surface area contributed by atoms with Crippen LogP contribution in [0.15, 0.2) is 42.6 Å². The van der Waals surface area contributed by atoms with Gasteiger partial charge in [-0.1, -0.05) is 24.0 Å². The van der Waals surface area contributed by atoms with E-state index in [1.54, 1.807) is 31.3 Å². The smallest absolute Gasteiger partial charge is 0.285 e. The molecule has 3 aromatic rings. The number of pyridine rings is 1. The number of carbonyl (C=O) groups excluding carboxylic acids is 3. The molecule has 0 radical (unpaired) electrons. The lowest BCUT2D eigenvalue weighted by atomic mass is 10.0. The number of nitrogens with two attached hydrogens (primary N) is 2. The summed E-state index contributed by atoms with van der Waals surface area (Å²) in [5, 5.41) is 10.5. The lowest BCUT2D eigenvalue weighted by Gasteiger charge is -2.13. The minimum Gasteiger partial charge on any atom is -0.369 e. The molecule has 0 bridgehead atoms. The number of hydrogen-bond acceptors (Lipinski definition) is 5. The van der Waals surface area contributed by atoms with Crippen molar-refractivity contribution in [1.29, 1.82) is 0 Å². The summed E-state index contributed by atoms with van der Waals surface area (Å²) in [5.41, 5.74) is 11.4. The molecule has 9 nitrogen and oxygen atoms in total. The first-order valence-electron chi connectivity index (χ1n) is 9.43. The van der Waals surface area contributed by atoms with Crippen LogP contribution in [0.1, 0.15) is 33.0 Å². The van der Waals surface area contributed by atoms with E-state index >= 15 is 0 Å². The Kier molecular flexibility index (Phi) is 4.72. The highest BCUT2D eigenvalue weighted by Crippen LogP contribution is 2.27. The lowest BCUT2D eigenvalue weighted by molar-refractivity contribution is -0.137. The summed E-state index contributed by atoms with van der Waals surface area (Å²) in [4.78, 5) is 41.4. The summed E-state index contributed by atoms with van der Waals surface area (Å²) in [6.45, 7) is 0.433. The predicted octanol–water partition coefficient (Wildman–Crippen LogP) is 0.144. The molecule has 1 aliphatic rings. The molecule has 0 spiro atoms. The SMILES string of the molecule is CN1CC[C@@](O)(C#Cc2cccc(-c3nc(C(N)=O)n4ccc(C(N)=O)cc34)c2)C1=O. The molecule has 1 atom stereocenters. The maximum atomic E-state index is 12.1. The number of likely N-dealkylation sites (tertiary alicyclic amines) is 1. The van der Waals surface area contributed by atoms with Crippen molar-refractivity contribution >= 4 is 23.2 Å². The van der Waals surface area contributed by atoms with Gasteiger partial charge in [0.2, 0.25) is 17.3 Å². The Bertz CT molecular complexity index is 1320. The number of amides is 3. The predicted molar refractivity (Wildman–Crippen MR) is 112 cm³/mol. The van der Waals surface area contributed by atoms with Crippen molar-refractivity contribution in [3.8, 4) is 23.1 Å². The molecule has 5 N–H and O–H groups in total. The summed E-state index contributed by atoms with van der Waals surface area (Å²) in [7, 11) is 1.61. The van der Waals surface area contributed by atoms with Gasteiger partial charge in [0.1, 0.15) is 0 Å². The molecule has 1 saturated heterocycles. The van der Waals surface area contributed by atoms with E-state index in [1.807, 2.05) is 0 Å². The second-order valence-corrected chi connectivity index (χ2v) is 7.35. The minimum absolute atomic E-state index is 0.00593. The summed E-state index contributed by atoms with van der Waals surface area (Å²) in [6, 6.07) is 9.95. The highest BCUT2D eigenvalue weighted by molar-refractivity contribution is 5.97. The molecule has 9 heteroatoms. The zero-order valence-corrected chi connectivity index (χ0v) is 16.6. The Hall–Kier alpha value is -4.16. The third kappa shape index (κ3) is 3.49. The first kappa shape index (κ1) is 20.1. The van der Waals surface area contributed by atoms with Gasteiger partial charge in [0, 0.05) is 42.9 Å². The number of primary amides is 2. The summed E-state index contributed by atoms with van der Waals surface area (Å²) >= 11 is 0. The Labute approximate surface area is 177 Å². The standard InChI is InChI=1S/C22H19N5O4/c1-26-10-8-22(31,21(26)30)7-5-13-3-2-4-14(11-13)17-16-12-15(18(23)28)6-9-27(16)20(25-17)19(24)29/h2-4,6,9,11-12,31H,8,10H2,1H3,(H2,23,28)(H2,24,29)/t22-/m0/s1. The van der Waals surface area contributed by atoms with E-state index in [0.29, 0.717) is 28.9 Å². The number of fused-ring (bicyclic) bond motifs is 1. The van der Waals surface area contributed by atoms with Gasteiger partial charge in [0.05, 0.1) is 11.2 Å². The molecule has 4 rings (SSSR count). The Morgan fingerprint density at radius 1 is 1.19 bits per heavy atom. The van der Waals surface area contributed by atoms with Crippen LogP contribution in [0.5, 0.6) is 0 Å². The number of rotatable bonds is 3. The van der Waals surface area contributed by atoms with Gasteiger partial charge in [-0.2, -0.15) is 0 Å². The van der Waals surface area contributed by atoms with Gasteiger partial charge < -0.3 is 21.5 Å². The molecule has 1 aromatic carbocycles. The number of aromatic nitrogens is 2. The second kappa shape index (κ2) is 7.27. The summed E-state index contributed by atoms with van der Waals surface area (Å²) in [6.07, 6.45) is 1.74. The Morgan fingerprint density at radius 3 is 2.61 bits per heavy atom. The van der Waals surface area contributed by atoms with Crippen molar-refractivity contribution in [2.75, 3.05) is 13.6 Å². The zero-order valence-electron chi connectivity index (χ0n) is 16.6. The molecule has 3 heterocycles. The van der Waals surface area contributed by atoms with E-state index in [9.17, 15) is 19.5 Å². The van der Waals surface area contributed by atoms with Crippen molar-refractivity contribution < 1.29 is 19.5 Å².